The quantitative estimate of drug-likeness (QED) is 0.360. The zero-order valence-corrected chi connectivity index (χ0v) is 19.1. The Bertz CT molecular complexity index is 1130. The summed E-state index contributed by atoms with van der Waals surface area (Å²) >= 11 is 15.3. The van der Waals surface area contributed by atoms with E-state index in [4.69, 9.17) is 23.2 Å². The first-order chi connectivity index (χ1) is 14.2. The molecule has 0 unspecified atom stereocenters. The third-order valence-electron chi connectivity index (χ3n) is 4.42. The first-order valence-electron chi connectivity index (χ1n) is 8.81. The lowest BCUT2D eigenvalue weighted by atomic mass is 10.2. The largest absolute Gasteiger partial charge is 0.404 e. The van der Waals surface area contributed by atoms with Gasteiger partial charge in [0.1, 0.15) is 4.47 Å². The van der Waals surface area contributed by atoms with Gasteiger partial charge in [-0.05, 0) is 52.4 Å². The highest BCUT2D eigenvalue weighted by Gasteiger charge is 2.20. The van der Waals surface area contributed by atoms with E-state index in [2.05, 4.69) is 31.4 Å². The highest BCUT2D eigenvalue weighted by Crippen LogP contribution is 2.25. The fourth-order valence-corrected chi connectivity index (χ4v) is 3.81. The van der Waals surface area contributed by atoms with E-state index >= 15 is 0 Å². The highest BCUT2D eigenvalue weighted by atomic mass is 79.9. The maximum Gasteiger partial charge on any atom is 0.404 e. The summed E-state index contributed by atoms with van der Waals surface area (Å²) in [6, 6.07) is 5.26. The SMILES string of the molecule is Cc1nn(Cc2ccc(Cl)cc2Cl)c(C)c1NC(=O)CCn1cc(Br)c([N+](=O)[O-])n1. The zero-order chi connectivity index (χ0) is 22.0. The van der Waals surface area contributed by atoms with Crippen LogP contribution in [0, 0.1) is 24.0 Å². The Kier molecular flexibility index (Phi) is 6.79. The predicted octanol–water partition coefficient (Wildman–Crippen LogP) is 4.75. The van der Waals surface area contributed by atoms with Crippen molar-refractivity contribution in [3.63, 3.8) is 0 Å². The van der Waals surface area contributed by atoms with E-state index < -0.39 is 4.92 Å². The monoisotopic (exact) mass is 514 g/mol. The molecule has 0 spiro atoms. The summed E-state index contributed by atoms with van der Waals surface area (Å²) in [7, 11) is 0. The first-order valence-corrected chi connectivity index (χ1v) is 10.4. The molecule has 1 amide bonds. The second-order valence-corrected chi connectivity index (χ2v) is 8.26. The van der Waals surface area contributed by atoms with Crippen LogP contribution in [0.25, 0.3) is 0 Å². The Balaban J connectivity index is 1.67. The first kappa shape index (κ1) is 22.3. The van der Waals surface area contributed by atoms with E-state index in [-0.39, 0.29) is 29.2 Å². The van der Waals surface area contributed by atoms with Crippen molar-refractivity contribution >= 4 is 56.5 Å². The van der Waals surface area contributed by atoms with E-state index in [0.29, 0.717) is 28.0 Å². The number of hydrogen-bond acceptors (Lipinski definition) is 5. The zero-order valence-electron chi connectivity index (χ0n) is 16.0. The van der Waals surface area contributed by atoms with E-state index in [1.165, 1.54) is 10.9 Å². The average Bonchev–Trinajstić information content (AvgIpc) is 3.17. The fourth-order valence-electron chi connectivity index (χ4n) is 2.89. The van der Waals surface area contributed by atoms with Gasteiger partial charge in [-0.1, -0.05) is 29.3 Å². The van der Waals surface area contributed by atoms with Gasteiger partial charge < -0.3 is 15.4 Å². The third kappa shape index (κ3) is 5.00. The van der Waals surface area contributed by atoms with E-state index in [1.54, 1.807) is 23.7 Å². The van der Waals surface area contributed by atoms with Gasteiger partial charge in [0.2, 0.25) is 5.91 Å². The number of nitrogens with zero attached hydrogens (tertiary/aromatic N) is 5. The molecule has 0 aliphatic rings. The minimum atomic E-state index is -0.589. The number of nitro groups is 1. The number of aromatic nitrogens is 4. The molecule has 0 saturated heterocycles. The molecule has 1 aromatic carbocycles. The summed E-state index contributed by atoms with van der Waals surface area (Å²) < 4.78 is 3.38. The second-order valence-electron chi connectivity index (χ2n) is 6.56. The molecule has 12 heteroatoms. The summed E-state index contributed by atoms with van der Waals surface area (Å²) in [5.41, 5.74) is 2.93. The molecule has 0 aliphatic heterocycles. The summed E-state index contributed by atoms with van der Waals surface area (Å²) in [6.45, 7) is 4.29. The number of nitrogens with one attached hydrogen (secondary N) is 1. The molecule has 0 saturated carbocycles. The molecule has 0 radical (unpaired) electrons. The molecule has 0 bridgehead atoms. The molecule has 0 atom stereocenters. The lowest BCUT2D eigenvalue weighted by molar-refractivity contribution is -0.390. The van der Waals surface area contributed by atoms with Gasteiger partial charge in [-0.2, -0.15) is 9.78 Å². The van der Waals surface area contributed by atoms with E-state index in [0.717, 1.165) is 11.3 Å². The van der Waals surface area contributed by atoms with Crippen molar-refractivity contribution < 1.29 is 9.72 Å². The number of aryl methyl sites for hydroxylation is 2. The number of carbonyl (C=O) groups excluding carboxylic acids is 1. The lowest BCUT2D eigenvalue weighted by Crippen LogP contribution is -2.16. The maximum atomic E-state index is 12.4. The lowest BCUT2D eigenvalue weighted by Gasteiger charge is -2.08. The number of benzene rings is 1. The number of anilines is 1. The van der Waals surface area contributed by atoms with Gasteiger partial charge >= 0.3 is 5.82 Å². The van der Waals surface area contributed by atoms with Crippen LogP contribution in [-0.4, -0.2) is 30.4 Å². The normalized spacial score (nSPS) is 11.0. The minimum absolute atomic E-state index is 0.0956. The molecule has 1 N–H and O–H groups in total. The van der Waals surface area contributed by atoms with Gasteiger partial charge in [0.05, 0.1) is 41.5 Å². The molecule has 3 rings (SSSR count). The van der Waals surface area contributed by atoms with Crippen LogP contribution in [0.3, 0.4) is 0 Å². The summed E-state index contributed by atoms with van der Waals surface area (Å²) in [5, 5.41) is 23.1. The average molecular weight is 516 g/mol. The Labute approximate surface area is 190 Å². The summed E-state index contributed by atoms with van der Waals surface area (Å²) in [4.78, 5) is 22.7. The van der Waals surface area contributed by atoms with Crippen molar-refractivity contribution in [3.8, 4) is 0 Å². The molecule has 2 aromatic heterocycles. The Morgan fingerprint density at radius 1 is 1.30 bits per heavy atom. The topological polar surface area (TPSA) is 108 Å². The Morgan fingerprint density at radius 3 is 2.67 bits per heavy atom. The van der Waals surface area contributed by atoms with Crippen molar-refractivity contribution in [2.75, 3.05) is 5.32 Å². The molecular formula is C18H17BrCl2N6O3. The highest BCUT2D eigenvalue weighted by molar-refractivity contribution is 9.10. The van der Waals surface area contributed by atoms with Crippen molar-refractivity contribution in [2.24, 2.45) is 0 Å². The third-order valence-corrected chi connectivity index (χ3v) is 5.57. The Hall–Kier alpha value is -2.43. The number of amides is 1. The van der Waals surface area contributed by atoms with E-state index in [9.17, 15) is 14.9 Å². The standard InChI is InChI=1S/C18H17BrCl2N6O3/c1-10-17(11(2)26(23-10)8-12-3-4-13(20)7-15(12)21)22-16(28)5-6-25-9-14(19)18(24-25)27(29)30/h3-4,7,9H,5-6,8H2,1-2H3,(H,22,28). The van der Waals surface area contributed by atoms with Gasteiger partial charge in [-0.3, -0.25) is 9.48 Å². The van der Waals surface area contributed by atoms with Crippen LogP contribution in [-0.2, 0) is 17.9 Å². The minimum Gasteiger partial charge on any atom is -0.358 e. The number of halogens is 3. The van der Waals surface area contributed by atoms with Gasteiger partial charge in [0, 0.05) is 16.5 Å². The van der Waals surface area contributed by atoms with Crippen LogP contribution in [0.4, 0.5) is 11.5 Å². The van der Waals surface area contributed by atoms with Gasteiger partial charge in [0.25, 0.3) is 0 Å². The molecule has 158 valence electrons. The summed E-state index contributed by atoms with van der Waals surface area (Å²) in [6.07, 6.45) is 1.56. The molecule has 9 nitrogen and oxygen atoms in total. The molecule has 3 aromatic rings. The van der Waals surface area contributed by atoms with Crippen LogP contribution in [0.15, 0.2) is 28.9 Å². The molecule has 0 fully saturated rings. The molecular weight excluding hydrogens is 499 g/mol. The number of hydrogen-bond donors (Lipinski definition) is 1. The fraction of sp³-hybridized carbons (Fsp3) is 0.278. The maximum absolute atomic E-state index is 12.4. The van der Waals surface area contributed by atoms with Crippen LogP contribution < -0.4 is 5.32 Å². The molecule has 2 heterocycles. The van der Waals surface area contributed by atoms with Crippen LogP contribution in [0.1, 0.15) is 23.4 Å². The Morgan fingerprint density at radius 2 is 2.03 bits per heavy atom. The van der Waals surface area contributed by atoms with Crippen LogP contribution >= 0.6 is 39.1 Å². The summed E-state index contributed by atoms with van der Waals surface area (Å²) in [5.74, 6) is -0.538. The van der Waals surface area contributed by atoms with Crippen molar-refractivity contribution in [1.82, 2.24) is 19.6 Å². The molecule has 0 aliphatic carbocycles. The van der Waals surface area contributed by atoms with Gasteiger partial charge in [-0.15, -0.1) is 0 Å². The smallest absolute Gasteiger partial charge is 0.358 e. The van der Waals surface area contributed by atoms with Gasteiger partial charge in [-0.25, -0.2) is 0 Å². The number of rotatable bonds is 7. The van der Waals surface area contributed by atoms with Crippen molar-refractivity contribution in [3.05, 3.63) is 66.0 Å². The number of carbonyl (C=O) groups is 1. The van der Waals surface area contributed by atoms with E-state index in [1.807, 2.05) is 13.0 Å². The van der Waals surface area contributed by atoms with Crippen LogP contribution in [0.5, 0.6) is 0 Å². The van der Waals surface area contributed by atoms with Crippen molar-refractivity contribution in [1.29, 1.82) is 0 Å². The second kappa shape index (κ2) is 9.15. The van der Waals surface area contributed by atoms with Gasteiger partial charge in [0.15, 0.2) is 0 Å². The predicted molar refractivity (Wildman–Crippen MR) is 117 cm³/mol. The molecule has 30 heavy (non-hydrogen) atoms. The van der Waals surface area contributed by atoms with Crippen molar-refractivity contribution in [2.45, 2.75) is 33.4 Å². The van der Waals surface area contributed by atoms with Crippen LogP contribution in [0.2, 0.25) is 10.0 Å².